The number of carbonyl (C=O) groups excluding carboxylic acids is 2. The maximum absolute atomic E-state index is 11.9. The average Bonchev–Trinajstić information content (AvgIpc) is 3.35. The van der Waals surface area contributed by atoms with Crippen LogP contribution in [0, 0.1) is 11.3 Å². The summed E-state index contributed by atoms with van der Waals surface area (Å²) >= 11 is 0. The highest BCUT2D eigenvalue weighted by atomic mass is 16.5. The summed E-state index contributed by atoms with van der Waals surface area (Å²) in [6.07, 6.45) is 21.5. The fourth-order valence-corrected chi connectivity index (χ4v) is 4.11. The van der Waals surface area contributed by atoms with Crippen LogP contribution in [0.1, 0.15) is 130 Å². The molecule has 0 spiro atoms. The third kappa shape index (κ3) is 12.6. The predicted octanol–water partition coefficient (Wildman–Crippen LogP) is 6.95. The number of amides is 1. The molecule has 30 heavy (non-hydrogen) atoms. The minimum absolute atomic E-state index is 0.0757. The molecule has 176 valence electrons. The number of hydrogen-bond donors (Lipinski definition) is 1. The number of esters is 1. The van der Waals surface area contributed by atoms with Crippen LogP contribution in [0.4, 0.5) is 0 Å². The quantitative estimate of drug-likeness (QED) is 0.170. The molecule has 1 fully saturated rings. The molecule has 0 aromatic rings. The van der Waals surface area contributed by atoms with E-state index in [2.05, 4.69) is 19.2 Å². The molecule has 0 heterocycles. The largest absolute Gasteiger partial charge is 0.463 e. The smallest absolute Gasteiger partial charge is 0.312 e. The van der Waals surface area contributed by atoms with Gasteiger partial charge in [0.2, 0.25) is 5.91 Å². The highest BCUT2D eigenvalue weighted by Crippen LogP contribution is 2.52. The lowest BCUT2D eigenvalue weighted by atomic mass is 10.0. The highest BCUT2D eigenvalue weighted by molar-refractivity contribution is 5.80. The van der Waals surface area contributed by atoms with Crippen molar-refractivity contribution < 1.29 is 14.3 Å². The van der Waals surface area contributed by atoms with Gasteiger partial charge in [-0.15, -0.1) is 0 Å². The van der Waals surface area contributed by atoms with Crippen molar-refractivity contribution in [2.45, 2.75) is 130 Å². The van der Waals surface area contributed by atoms with E-state index >= 15 is 0 Å². The molecule has 0 aliphatic heterocycles. The molecule has 1 N–H and O–H groups in total. The molecule has 4 nitrogen and oxygen atoms in total. The Morgan fingerprint density at radius 1 is 0.833 bits per heavy atom. The summed E-state index contributed by atoms with van der Waals surface area (Å²) in [5.74, 6) is 0.378. The van der Waals surface area contributed by atoms with E-state index in [1.165, 1.54) is 83.5 Å². The van der Waals surface area contributed by atoms with Gasteiger partial charge in [0.25, 0.3) is 0 Å². The average molecular weight is 424 g/mol. The van der Waals surface area contributed by atoms with E-state index in [0.717, 1.165) is 19.3 Å². The van der Waals surface area contributed by atoms with E-state index in [0.29, 0.717) is 18.9 Å². The third-order valence-electron chi connectivity index (χ3n) is 6.79. The zero-order chi connectivity index (χ0) is 22.1. The van der Waals surface area contributed by atoms with E-state index in [4.69, 9.17) is 4.74 Å². The van der Waals surface area contributed by atoms with Crippen LogP contribution in [0.5, 0.6) is 0 Å². The topological polar surface area (TPSA) is 55.4 Å². The van der Waals surface area contributed by atoms with Gasteiger partial charge in [0.05, 0.1) is 12.0 Å². The Kier molecular flexibility index (Phi) is 14.9. The van der Waals surface area contributed by atoms with Crippen LogP contribution < -0.4 is 5.32 Å². The number of hydrogen-bond acceptors (Lipinski definition) is 3. The SMILES string of the molecule is CCCCCCCCCCCCCCCCCC(=O)NCCOC(=O)C1(C)CC1C. The first-order valence-electron chi connectivity index (χ1n) is 12.9. The molecule has 0 saturated heterocycles. The molecule has 1 aliphatic carbocycles. The lowest BCUT2D eigenvalue weighted by Crippen LogP contribution is -2.29. The monoisotopic (exact) mass is 423 g/mol. The van der Waals surface area contributed by atoms with Crippen LogP contribution in [0.15, 0.2) is 0 Å². The summed E-state index contributed by atoms with van der Waals surface area (Å²) in [7, 11) is 0. The molecule has 0 aromatic heterocycles. The molecule has 1 amide bonds. The Hall–Kier alpha value is -1.06. The molecule has 0 aromatic carbocycles. The number of carbonyl (C=O) groups is 2. The minimum atomic E-state index is -0.280. The molecule has 2 unspecified atom stereocenters. The van der Waals surface area contributed by atoms with E-state index in [9.17, 15) is 9.59 Å². The van der Waals surface area contributed by atoms with Gasteiger partial charge in [0, 0.05) is 6.42 Å². The maximum Gasteiger partial charge on any atom is 0.312 e. The lowest BCUT2D eigenvalue weighted by Gasteiger charge is -2.11. The Bertz CT molecular complexity index is 465. The number of ether oxygens (including phenoxy) is 1. The van der Waals surface area contributed by atoms with Gasteiger partial charge in [-0.05, 0) is 25.7 Å². The summed E-state index contributed by atoms with van der Waals surface area (Å²) in [6.45, 7) is 7.01. The van der Waals surface area contributed by atoms with Gasteiger partial charge < -0.3 is 10.1 Å². The van der Waals surface area contributed by atoms with Gasteiger partial charge in [-0.25, -0.2) is 0 Å². The Balaban J connectivity index is 1.76. The van der Waals surface area contributed by atoms with Crippen LogP contribution in [0.25, 0.3) is 0 Å². The van der Waals surface area contributed by atoms with Crippen molar-refractivity contribution in [2.75, 3.05) is 13.2 Å². The van der Waals surface area contributed by atoms with E-state index in [1.807, 2.05) is 6.92 Å². The van der Waals surface area contributed by atoms with Crippen molar-refractivity contribution in [3.8, 4) is 0 Å². The Labute approximate surface area is 186 Å². The number of unbranched alkanes of at least 4 members (excludes halogenated alkanes) is 14. The summed E-state index contributed by atoms with van der Waals surface area (Å²) in [5.41, 5.74) is -0.280. The van der Waals surface area contributed by atoms with Crippen LogP contribution in [-0.2, 0) is 14.3 Å². The first kappa shape index (κ1) is 27.0. The molecule has 1 rings (SSSR count). The van der Waals surface area contributed by atoms with E-state index in [-0.39, 0.29) is 23.9 Å². The Morgan fingerprint density at radius 2 is 1.27 bits per heavy atom. The van der Waals surface area contributed by atoms with Crippen LogP contribution >= 0.6 is 0 Å². The summed E-state index contributed by atoms with van der Waals surface area (Å²) in [6, 6.07) is 0. The molecule has 0 radical (unpaired) electrons. The normalized spacial score (nSPS) is 20.2. The second-order valence-corrected chi connectivity index (χ2v) is 9.71. The minimum Gasteiger partial charge on any atom is -0.463 e. The fraction of sp³-hybridized carbons (Fsp3) is 0.923. The van der Waals surface area contributed by atoms with Crippen molar-refractivity contribution in [2.24, 2.45) is 11.3 Å². The molecular weight excluding hydrogens is 374 g/mol. The zero-order valence-electron chi connectivity index (χ0n) is 20.2. The second-order valence-electron chi connectivity index (χ2n) is 9.71. The van der Waals surface area contributed by atoms with Gasteiger partial charge in [0.1, 0.15) is 6.61 Å². The van der Waals surface area contributed by atoms with Gasteiger partial charge in [-0.3, -0.25) is 9.59 Å². The van der Waals surface area contributed by atoms with Crippen LogP contribution in [-0.4, -0.2) is 25.0 Å². The zero-order valence-corrected chi connectivity index (χ0v) is 20.2. The Morgan fingerprint density at radius 3 is 1.70 bits per heavy atom. The van der Waals surface area contributed by atoms with Gasteiger partial charge in [-0.1, -0.05) is 104 Å². The standard InChI is InChI=1S/C26H49NO3/c1-4-5-6-7-8-9-10-11-12-13-14-15-16-17-18-19-24(28)27-20-21-30-25(29)26(3)22-23(26)2/h23H,4-22H2,1-3H3,(H,27,28). The molecule has 0 bridgehead atoms. The molecule has 4 heteroatoms. The van der Waals surface area contributed by atoms with Crippen molar-refractivity contribution >= 4 is 11.9 Å². The van der Waals surface area contributed by atoms with Crippen LogP contribution in [0.3, 0.4) is 0 Å². The summed E-state index contributed by atoms with van der Waals surface area (Å²) < 4.78 is 5.27. The molecule has 1 saturated carbocycles. The predicted molar refractivity (Wildman–Crippen MR) is 125 cm³/mol. The van der Waals surface area contributed by atoms with E-state index < -0.39 is 0 Å². The van der Waals surface area contributed by atoms with Crippen LogP contribution in [0.2, 0.25) is 0 Å². The van der Waals surface area contributed by atoms with Crippen molar-refractivity contribution in [1.29, 1.82) is 0 Å². The highest BCUT2D eigenvalue weighted by Gasteiger charge is 2.54. The summed E-state index contributed by atoms with van der Waals surface area (Å²) in [4.78, 5) is 23.7. The molecule has 1 aliphatic rings. The first-order valence-corrected chi connectivity index (χ1v) is 12.9. The first-order chi connectivity index (χ1) is 14.5. The van der Waals surface area contributed by atoms with Gasteiger partial charge >= 0.3 is 5.97 Å². The van der Waals surface area contributed by atoms with Gasteiger partial charge in [-0.2, -0.15) is 0 Å². The summed E-state index contributed by atoms with van der Waals surface area (Å²) in [5, 5.41) is 2.85. The van der Waals surface area contributed by atoms with E-state index in [1.54, 1.807) is 0 Å². The second kappa shape index (κ2) is 16.6. The lowest BCUT2D eigenvalue weighted by molar-refractivity contribution is -0.150. The number of rotatable bonds is 20. The number of nitrogens with one attached hydrogen (secondary N) is 1. The van der Waals surface area contributed by atoms with Gasteiger partial charge in [0.15, 0.2) is 0 Å². The molecular formula is C26H49NO3. The maximum atomic E-state index is 11.9. The fourth-order valence-electron chi connectivity index (χ4n) is 4.11. The third-order valence-corrected chi connectivity index (χ3v) is 6.79. The molecule has 2 atom stereocenters. The van der Waals surface area contributed by atoms with Crippen molar-refractivity contribution in [1.82, 2.24) is 5.32 Å². The van der Waals surface area contributed by atoms with Crippen molar-refractivity contribution in [3.05, 3.63) is 0 Å². The van der Waals surface area contributed by atoms with Crippen molar-refractivity contribution in [3.63, 3.8) is 0 Å².